The van der Waals surface area contributed by atoms with Crippen molar-refractivity contribution in [1.29, 1.82) is 0 Å². The Morgan fingerprint density at radius 1 is 1.24 bits per heavy atom. The third-order valence-corrected chi connectivity index (χ3v) is 6.03. The Hall–Kier alpha value is -1.29. The number of hydrogen-bond donors (Lipinski definition) is 1. The lowest BCUT2D eigenvalue weighted by Crippen LogP contribution is -2.48. The molecule has 0 bridgehead atoms. The number of benzene rings is 1. The van der Waals surface area contributed by atoms with Gasteiger partial charge in [0.2, 0.25) is 10.0 Å². The largest absolute Gasteiger partial charge is 0.480 e. The quantitative estimate of drug-likeness (QED) is 0.792. The van der Waals surface area contributed by atoms with Crippen LogP contribution < -0.4 is 0 Å². The summed E-state index contributed by atoms with van der Waals surface area (Å²) < 4.78 is 52.7. The molecule has 1 saturated heterocycles. The molecule has 0 aromatic heterocycles. The molecule has 1 heterocycles. The summed E-state index contributed by atoms with van der Waals surface area (Å²) in [5, 5.41) is 8.91. The Labute approximate surface area is 151 Å². The van der Waals surface area contributed by atoms with Crippen molar-refractivity contribution in [2.45, 2.75) is 30.7 Å². The Balaban J connectivity index is 0.00000312. The molecule has 1 N–H and O–H groups in total. The van der Waals surface area contributed by atoms with Crippen LogP contribution in [0.2, 0.25) is 0 Å². The normalized spacial score (nSPS) is 16.6. The molecule has 1 aromatic carbocycles. The zero-order chi connectivity index (χ0) is 17.9. The van der Waals surface area contributed by atoms with Crippen molar-refractivity contribution >= 4 is 28.4 Å². The predicted octanol–water partition coefficient (Wildman–Crippen LogP) is 1.95. The van der Waals surface area contributed by atoms with Crippen LogP contribution in [0.3, 0.4) is 0 Å². The first-order valence-electron chi connectivity index (χ1n) is 7.66. The number of carboxylic acid groups (broad SMARTS) is 1. The second-order valence-corrected chi connectivity index (χ2v) is 7.64. The molecule has 0 aliphatic carbocycles. The Morgan fingerprint density at radius 3 is 2.20 bits per heavy atom. The average molecular weight is 399 g/mol. The summed E-state index contributed by atoms with van der Waals surface area (Å²) in [7, 11) is -3.97. The fourth-order valence-electron chi connectivity index (χ4n) is 2.95. The number of rotatable bonds is 6. The highest BCUT2D eigenvalue weighted by Gasteiger charge is 2.32. The zero-order valence-electron chi connectivity index (χ0n) is 13.7. The first kappa shape index (κ1) is 21.8. The van der Waals surface area contributed by atoms with Gasteiger partial charge < -0.3 is 5.11 Å². The van der Waals surface area contributed by atoms with Crippen molar-refractivity contribution in [2.24, 2.45) is 0 Å². The van der Waals surface area contributed by atoms with Crippen LogP contribution in [-0.4, -0.2) is 60.9 Å². The molecular weight excluding hydrogens is 378 g/mol. The SMILES string of the molecule is CCN(CC(=O)O)C1CCN(S(=O)(=O)c2cc(F)cc(F)c2)CC1.Cl. The van der Waals surface area contributed by atoms with Crippen molar-refractivity contribution in [2.75, 3.05) is 26.2 Å². The van der Waals surface area contributed by atoms with E-state index in [2.05, 4.69) is 0 Å². The molecule has 0 saturated carbocycles. The lowest BCUT2D eigenvalue weighted by atomic mass is 10.0. The molecule has 1 fully saturated rings. The van der Waals surface area contributed by atoms with Crippen LogP contribution in [0.4, 0.5) is 8.78 Å². The van der Waals surface area contributed by atoms with Crippen LogP contribution >= 0.6 is 12.4 Å². The maximum Gasteiger partial charge on any atom is 0.317 e. The summed E-state index contributed by atoms with van der Waals surface area (Å²) in [5.74, 6) is -2.81. The average Bonchev–Trinajstić information content (AvgIpc) is 2.51. The monoisotopic (exact) mass is 398 g/mol. The van der Waals surface area contributed by atoms with Crippen molar-refractivity contribution < 1.29 is 27.1 Å². The van der Waals surface area contributed by atoms with Gasteiger partial charge >= 0.3 is 5.97 Å². The second-order valence-electron chi connectivity index (χ2n) is 5.70. The number of halogens is 3. The van der Waals surface area contributed by atoms with E-state index < -0.39 is 32.5 Å². The van der Waals surface area contributed by atoms with Gasteiger partial charge in [-0.25, -0.2) is 17.2 Å². The molecule has 1 aromatic rings. The third-order valence-electron chi connectivity index (χ3n) is 4.16. The molecule has 142 valence electrons. The van der Waals surface area contributed by atoms with Crippen LogP contribution in [0, 0.1) is 11.6 Å². The Bertz CT molecular complexity index is 689. The molecule has 10 heteroatoms. The Kier molecular flexibility index (Phi) is 7.73. The molecule has 1 aliphatic rings. The van der Waals surface area contributed by atoms with E-state index in [-0.39, 0.29) is 38.1 Å². The van der Waals surface area contributed by atoms with E-state index in [1.54, 1.807) is 4.90 Å². The summed E-state index contributed by atoms with van der Waals surface area (Å²) >= 11 is 0. The minimum atomic E-state index is -3.97. The maximum atomic E-state index is 13.3. The highest BCUT2D eigenvalue weighted by Crippen LogP contribution is 2.24. The smallest absolute Gasteiger partial charge is 0.317 e. The van der Waals surface area contributed by atoms with E-state index in [0.29, 0.717) is 25.5 Å². The standard InChI is InChI=1S/C15H20F2N2O4S.ClH/c1-2-18(10-15(20)21)13-3-5-19(6-4-13)24(22,23)14-8-11(16)7-12(17)9-14;/h7-9,13H,2-6,10H2,1H3,(H,20,21);1H. The van der Waals surface area contributed by atoms with E-state index in [1.807, 2.05) is 6.92 Å². The first-order valence-corrected chi connectivity index (χ1v) is 9.10. The molecule has 0 unspecified atom stereocenters. The van der Waals surface area contributed by atoms with E-state index in [1.165, 1.54) is 4.31 Å². The van der Waals surface area contributed by atoms with Crippen LogP contribution in [0.5, 0.6) is 0 Å². The minimum Gasteiger partial charge on any atom is -0.480 e. The number of sulfonamides is 1. The van der Waals surface area contributed by atoms with Gasteiger partial charge in [0.05, 0.1) is 11.4 Å². The molecular formula is C15H21ClF2N2O4S. The van der Waals surface area contributed by atoms with Crippen LogP contribution in [-0.2, 0) is 14.8 Å². The molecule has 25 heavy (non-hydrogen) atoms. The summed E-state index contributed by atoms with van der Waals surface area (Å²) in [6.07, 6.45) is 0.941. The molecule has 0 radical (unpaired) electrons. The van der Waals surface area contributed by atoms with Gasteiger partial charge in [-0.1, -0.05) is 6.92 Å². The summed E-state index contributed by atoms with van der Waals surface area (Å²) in [6.45, 7) is 2.67. The zero-order valence-corrected chi connectivity index (χ0v) is 15.3. The maximum absolute atomic E-state index is 13.3. The van der Waals surface area contributed by atoms with Crippen LogP contribution in [0.25, 0.3) is 0 Å². The van der Waals surface area contributed by atoms with Gasteiger partial charge in [-0.15, -0.1) is 12.4 Å². The fraction of sp³-hybridized carbons (Fsp3) is 0.533. The molecule has 1 aliphatic heterocycles. The van der Waals surface area contributed by atoms with Gasteiger partial charge in [0.25, 0.3) is 0 Å². The van der Waals surface area contributed by atoms with Gasteiger partial charge in [0.15, 0.2) is 0 Å². The molecule has 0 amide bonds. The number of carbonyl (C=O) groups is 1. The number of nitrogens with zero attached hydrogens (tertiary/aromatic N) is 2. The van der Waals surface area contributed by atoms with Gasteiger partial charge in [-0.3, -0.25) is 9.69 Å². The van der Waals surface area contributed by atoms with Gasteiger partial charge in [-0.2, -0.15) is 4.31 Å². The van der Waals surface area contributed by atoms with E-state index in [0.717, 1.165) is 12.1 Å². The van der Waals surface area contributed by atoms with Crippen molar-refractivity contribution in [1.82, 2.24) is 9.21 Å². The van der Waals surface area contributed by atoms with Gasteiger partial charge in [0, 0.05) is 25.2 Å². The number of piperidine rings is 1. The molecule has 0 atom stereocenters. The van der Waals surface area contributed by atoms with Crippen molar-refractivity contribution in [3.8, 4) is 0 Å². The predicted molar refractivity (Wildman–Crippen MR) is 90.3 cm³/mol. The van der Waals surface area contributed by atoms with Gasteiger partial charge in [-0.05, 0) is 31.5 Å². The van der Waals surface area contributed by atoms with Crippen LogP contribution in [0.1, 0.15) is 19.8 Å². The summed E-state index contributed by atoms with van der Waals surface area (Å²) in [6, 6.07) is 2.19. The van der Waals surface area contributed by atoms with Crippen molar-refractivity contribution in [3.05, 3.63) is 29.8 Å². The summed E-state index contributed by atoms with van der Waals surface area (Å²) in [4.78, 5) is 12.2. The molecule has 6 nitrogen and oxygen atoms in total. The molecule has 0 spiro atoms. The lowest BCUT2D eigenvalue weighted by Gasteiger charge is -2.36. The number of hydrogen-bond acceptors (Lipinski definition) is 4. The highest BCUT2D eigenvalue weighted by molar-refractivity contribution is 7.89. The lowest BCUT2D eigenvalue weighted by molar-refractivity contribution is -0.139. The van der Waals surface area contributed by atoms with E-state index in [9.17, 15) is 22.0 Å². The minimum absolute atomic E-state index is 0. The summed E-state index contributed by atoms with van der Waals surface area (Å²) in [5.41, 5.74) is 0. The number of carboxylic acids is 1. The Morgan fingerprint density at radius 2 is 1.76 bits per heavy atom. The highest BCUT2D eigenvalue weighted by atomic mass is 35.5. The third kappa shape index (κ3) is 5.34. The van der Waals surface area contributed by atoms with Gasteiger partial charge in [0.1, 0.15) is 11.6 Å². The second kappa shape index (κ2) is 8.88. The van der Waals surface area contributed by atoms with E-state index >= 15 is 0 Å². The van der Waals surface area contributed by atoms with Crippen molar-refractivity contribution in [3.63, 3.8) is 0 Å². The van der Waals surface area contributed by atoms with E-state index in [4.69, 9.17) is 5.11 Å². The fourth-order valence-corrected chi connectivity index (χ4v) is 4.46. The number of aliphatic carboxylic acids is 1. The van der Waals surface area contributed by atoms with Crippen LogP contribution in [0.15, 0.2) is 23.1 Å². The topological polar surface area (TPSA) is 77.9 Å². The number of likely N-dealkylation sites (N-methyl/N-ethyl adjacent to an activating group) is 1. The first-order chi connectivity index (χ1) is 11.2. The molecule has 2 rings (SSSR count).